The van der Waals surface area contributed by atoms with Gasteiger partial charge in [0.2, 0.25) is 17.8 Å². The van der Waals surface area contributed by atoms with Gasteiger partial charge in [-0.3, -0.25) is 14.9 Å². The summed E-state index contributed by atoms with van der Waals surface area (Å²) in [6, 6.07) is 11.0. The number of halogens is 1. The second kappa shape index (κ2) is 18.5. The number of rotatable bonds is 16. The van der Waals surface area contributed by atoms with Crippen LogP contribution >= 0.6 is 11.6 Å². The molecule has 0 fully saturated rings. The number of carboxylic acids is 2. The number of carbonyl (C=O) groups is 4. The summed E-state index contributed by atoms with van der Waals surface area (Å²) in [5.41, 5.74) is 1.45. The quantitative estimate of drug-likeness (QED) is 0.0481. The zero-order valence-corrected chi connectivity index (χ0v) is 27.9. The number of guanidine groups is 1. The third kappa shape index (κ3) is 14.5. The van der Waals surface area contributed by atoms with Crippen LogP contribution in [0.5, 0.6) is 0 Å². The predicted octanol–water partition coefficient (Wildman–Crippen LogP) is 4.62. The largest absolute Gasteiger partial charge is 0.480 e. The van der Waals surface area contributed by atoms with Crippen LogP contribution in [-0.2, 0) is 23.9 Å². The fourth-order valence-corrected chi connectivity index (χ4v) is 4.55. The summed E-state index contributed by atoms with van der Waals surface area (Å²) in [6.45, 7) is 8.90. The third-order valence-electron chi connectivity index (χ3n) is 6.62. The fourth-order valence-electron chi connectivity index (χ4n) is 4.42. The molecule has 0 aliphatic heterocycles. The molecule has 0 aliphatic rings. The Morgan fingerprint density at radius 3 is 2.11 bits per heavy atom. The van der Waals surface area contributed by atoms with Crippen molar-refractivity contribution in [3.63, 3.8) is 0 Å². The molecule has 0 aliphatic carbocycles. The molecule has 3 unspecified atom stereocenters. The highest BCUT2D eigenvalue weighted by atomic mass is 35.5. The van der Waals surface area contributed by atoms with Gasteiger partial charge in [0.15, 0.2) is 12.2 Å². The number of nitrogens with one attached hydrogen (secondary N) is 4. The molecule has 0 heterocycles. The van der Waals surface area contributed by atoms with Crippen molar-refractivity contribution in [1.82, 2.24) is 16.0 Å². The van der Waals surface area contributed by atoms with Gasteiger partial charge >= 0.3 is 11.9 Å². The minimum Gasteiger partial charge on any atom is -0.480 e. The Labute approximate surface area is 279 Å². The van der Waals surface area contributed by atoms with Crippen molar-refractivity contribution >= 4 is 52.7 Å². The van der Waals surface area contributed by atoms with E-state index in [1.54, 1.807) is 48.5 Å². The van der Waals surface area contributed by atoms with Gasteiger partial charge in [0.25, 0.3) is 0 Å². The lowest BCUT2D eigenvalue weighted by molar-refractivity contribution is -0.145. The van der Waals surface area contributed by atoms with Gasteiger partial charge in [-0.1, -0.05) is 58.4 Å². The van der Waals surface area contributed by atoms with Crippen LogP contribution in [0, 0.1) is 22.8 Å². The second-order valence-corrected chi connectivity index (χ2v) is 13.0. The van der Waals surface area contributed by atoms with E-state index in [2.05, 4.69) is 26.3 Å². The average Bonchev–Trinajstić information content (AvgIpc) is 2.97. The number of nitrogens with zero attached hydrogens (tertiary/aromatic N) is 2. The van der Waals surface area contributed by atoms with E-state index >= 15 is 0 Å². The number of carbonyl (C=O) groups excluding carboxylic acids is 2. The lowest BCUT2D eigenvalue weighted by Crippen LogP contribution is -2.46. The Kier molecular flexibility index (Phi) is 15.1. The lowest BCUT2D eigenvalue weighted by Gasteiger charge is -2.23. The summed E-state index contributed by atoms with van der Waals surface area (Å²) < 4.78 is 5.44. The highest BCUT2D eigenvalue weighted by molar-refractivity contribution is 6.30. The Bertz CT molecular complexity index is 1430. The molecule has 2 rings (SSSR count). The monoisotopic (exact) mass is 670 g/mol. The molecule has 3 atom stereocenters. The molecule has 0 spiro atoms. The van der Waals surface area contributed by atoms with Gasteiger partial charge in [-0.05, 0) is 59.7 Å². The standard InChI is InChI=1S/C33H43ClN6O7/c1-20(2)16-25(21-6-10-23(11-7-21)37-32(36-19-35)38-24-12-8-22(34)9-13-24)29(42)40-27(31(45)46)18-47-15-14-26(30(43)44)39-28(41)17-33(3,4)5/h6-13,20,25-27H,14-18H2,1-5H3,(H,39,41)(H,40,42)(H,43,44)(H,45,46)(H2,36,37,38). The van der Waals surface area contributed by atoms with Crippen molar-refractivity contribution in [3.05, 3.63) is 59.1 Å². The number of aliphatic carboxylic acids is 2. The van der Waals surface area contributed by atoms with E-state index in [1.165, 1.54) is 0 Å². The van der Waals surface area contributed by atoms with E-state index < -0.39 is 48.4 Å². The molecule has 0 radical (unpaired) electrons. The van der Waals surface area contributed by atoms with Crippen LogP contribution in [0.25, 0.3) is 0 Å². The Balaban J connectivity index is 2.08. The fraction of sp³-hybridized carbons (Fsp3) is 0.455. The van der Waals surface area contributed by atoms with Crippen LogP contribution in [0.4, 0.5) is 11.4 Å². The van der Waals surface area contributed by atoms with Crippen molar-refractivity contribution in [2.75, 3.05) is 18.5 Å². The maximum Gasteiger partial charge on any atom is 0.328 e. The van der Waals surface area contributed by atoms with Crippen LogP contribution in [0.3, 0.4) is 0 Å². The average molecular weight is 671 g/mol. The van der Waals surface area contributed by atoms with Crippen LogP contribution in [0.2, 0.25) is 5.02 Å². The topological polar surface area (TPSA) is 202 Å². The Morgan fingerprint density at radius 2 is 1.57 bits per heavy atom. The number of anilines is 1. The second-order valence-electron chi connectivity index (χ2n) is 12.6. The summed E-state index contributed by atoms with van der Waals surface area (Å²) in [4.78, 5) is 53.6. The number of amides is 2. The highest BCUT2D eigenvalue weighted by Crippen LogP contribution is 2.27. The molecule has 2 amide bonds. The van der Waals surface area contributed by atoms with Gasteiger partial charge in [-0.25, -0.2) is 14.6 Å². The maximum absolute atomic E-state index is 13.4. The number of nitriles is 1. The van der Waals surface area contributed by atoms with Gasteiger partial charge in [0.1, 0.15) is 6.04 Å². The van der Waals surface area contributed by atoms with Crippen LogP contribution in [-0.4, -0.2) is 65.2 Å². The number of aliphatic imine (C=N–C) groups is 1. The molecule has 13 nitrogen and oxygen atoms in total. The number of carboxylic acid groups (broad SMARTS) is 2. The van der Waals surface area contributed by atoms with E-state index in [-0.39, 0.29) is 36.7 Å². The number of hydrogen-bond donors (Lipinski definition) is 6. The summed E-state index contributed by atoms with van der Waals surface area (Å²) >= 11 is 5.93. The minimum atomic E-state index is -1.39. The molecule has 47 heavy (non-hydrogen) atoms. The maximum atomic E-state index is 13.4. The lowest BCUT2D eigenvalue weighted by atomic mass is 9.89. The highest BCUT2D eigenvalue weighted by Gasteiger charge is 2.28. The smallest absolute Gasteiger partial charge is 0.328 e. The van der Waals surface area contributed by atoms with Crippen molar-refractivity contribution in [3.8, 4) is 6.19 Å². The molecule has 2 aromatic carbocycles. The molecule has 0 saturated heterocycles. The van der Waals surface area contributed by atoms with Crippen molar-refractivity contribution in [1.29, 1.82) is 5.26 Å². The SMILES string of the molecule is CC(C)CC(C(=O)NC(COCCC(NC(=O)CC(C)(C)C)C(=O)O)C(=O)O)c1ccc(N=C(NC#N)Nc2ccc(Cl)cc2)cc1. The van der Waals surface area contributed by atoms with Gasteiger partial charge in [0, 0.05) is 30.2 Å². The summed E-state index contributed by atoms with van der Waals surface area (Å²) in [7, 11) is 0. The number of hydrogen-bond acceptors (Lipinski definition) is 7. The third-order valence-corrected chi connectivity index (χ3v) is 6.87. The first-order chi connectivity index (χ1) is 22.1. The van der Waals surface area contributed by atoms with Crippen LogP contribution < -0.4 is 21.3 Å². The zero-order chi connectivity index (χ0) is 35.1. The summed E-state index contributed by atoms with van der Waals surface area (Å²) in [6.07, 6.45) is 2.31. The number of ether oxygens (including phenoxy) is 1. The molecule has 2 aromatic rings. The molecule has 254 valence electrons. The van der Waals surface area contributed by atoms with Gasteiger partial charge in [0.05, 0.1) is 18.2 Å². The Hall–Kier alpha value is -4.67. The molecule has 0 bridgehead atoms. The predicted molar refractivity (Wildman–Crippen MR) is 178 cm³/mol. The number of benzene rings is 2. The van der Waals surface area contributed by atoms with Crippen molar-refractivity contribution in [2.45, 2.75) is 71.9 Å². The summed E-state index contributed by atoms with van der Waals surface area (Å²) in [5, 5.41) is 39.4. The van der Waals surface area contributed by atoms with E-state index in [0.29, 0.717) is 28.4 Å². The normalized spacial score (nSPS) is 13.5. The van der Waals surface area contributed by atoms with Crippen LogP contribution in [0.15, 0.2) is 53.5 Å². The first kappa shape index (κ1) is 38.5. The Morgan fingerprint density at radius 1 is 0.957 bits per heavy atom. The van der Waals surface area contributed by atoms with Gasteiger partial charge in [-0.15, -0.1) is 0 Å². The van der Waals surface area contributed by atoms with E-state index in [4.69, 9.17) is 21.6 Å². The summed E-state index contributed by atoms with van der Waals surface area (Å²) in [5.74, 6) is -3.89. The molecular formula is C33H43ClN6O7. The first-order valence-corrected chi connectivity index (χ1v) is 15.4. The first-order valence-electron chi connectivity index (χ1n) is 15.1. The molecule has 14 heteroatoms. The van der Waals surface area contributed by atoms with Crippen LogP contribution in [0.1, 0.15) is 65.4 Å². The van der Waals surface area contributed by atoms with Crippen molar-refractivity contribution in [2.24, 2.45) is 16.3 Å². The molecule has 6 N–H and O–H groups in total. The van der Waals surface area contributed by atoms with Gasteiger partial charge in [-0.2, -0.15) is 5.26 Å². The molecular weight excluding hydrogens is 628 g/mol. The van der Waals surface area contributed by atoms with E-state index in [0.717, 1.165) is 0 Å². The minimum absolute atomic E-state index is 0.0862. The van der Waals surface area contributed by atoms with Crippen molar-refractivity contribution < 1.29 is 34.1 Å². The van der Waals surface area contributed by atoms with Gasteiger partial charge < -0.3 is 30.9 Å². The van der Waals surface area contributed by atoms with E-state index in [9.17, 15) is 29.4 Å². The van der Waals surface area contributed by atoms with E-state index in [1.807, 2.05) is 40.8 Å². The molecule has 0 saturated carbocycles. The zero-order valence-electron chi connectivity index (χ0n) is 27.2. The molecule has 0 aromatic heterocycles.